The number of urea groups is 1. The zero-order chi connectivity index (χ0) is 27.9. The first kappa shape index (κ1) is 28.6. The molecule has 0 radical (unpaired) electrons. The molecule has 0 aliphatic rings. The lowest BCUT2D eigenvalue weighted by molar-refractivity contribution is -0.274. The Labute approximate surface area is 224 Å². The second-order valence-electron chi connectivity index (χ2n) is 7.81. The monoisotopic (exact) mass is 569 g/mol. The summed E-state index contributed by atoms with van der Waals surface area (Å²) in [5.74, 6) is -1.96. The molecule has 0 saturated heterocycles. The average Bonchev–Trinajstić information content (AvgIpc) is 2.81. The van der Waals surface area contributed by atoms with Crippen LogP contribution in [0.25, 0.3) is 0 Å². The van der Waals surface area contributed by atoms with E-state index in [0.29, 0.717) is 16.9 Å². The van der Waals surface area contributed by atoms with Crippen LogP contribution >= 0.6 is 23.2 Å². The van der Waals surface area contributed by atoms with Crippen LogP contribution in [0.1, 0.15) is 22.3 Å². The van der Waals surface area contributed by atoms with Gasteiger partial charge in [-0.2, -0.15) is 0 Å². The van der Waals surface area contributed by atoms with Crippen molar-refractivity contribution >= 4 is 52.5 Å². The molecular formula is C25H20Cl2F3N3O5. The predicted molar refractivity (Wildman–Crippen MR) is 136 cm³/mol. The van der Waals surface area contributed by atoms with E-state index in [1.165, 1.54) is 59.5 Å². The molecule has 38 heavy (non-hydrogen) atoms. The van der Waals surface area contributed by atoms with Crippen molar-refractivity contribution in [3.63, 3.8) is 0 Å². The van der Waals surface area contributed by atoms with Gasteiger partial charge in [0, 0.05) is 33.5 Å². The molecule has 0 unspecified atom stereocenters. The van der Waals surface area contributed by atoms with E-state index in [-0.39, 0.29) is 35.1 Å². The van der Waals surface area contributed by atoms with E-state index in [2.05, 4.69) is 15.4 Å². The van der Waals surface area contributed by atoms with Crippen molar-refractivity contribution in [2.75, 3.05) is 16.8 Å². The molecule has 13 heteroatoms. The van der Waals surface area contributed by atoms with Crippen LogP contribution in [0.2, 0.25) is 10.0 Å². The number of hydrogen-bond acceptors (Lipinski definition) is 4. The Balaban J connectivity index is 1.83. The minimum atomic E-state index is -4.84. The summed E-state index contributed by atoms with van der Waals surface area (Å²) >= 11 is 12.0. The number of alkyl halides is 3. The van der Waals surface area contributed by atoms with E-state index < -0.39 is 30.0 Å². The van der Waals surface area contributed by atoms with E-state index in [1.807, 2.05) is 0 Å². The first-order valence-corrected chi connectivity index (χ1v) is 11.6. The van der Waals surface area contributed by atoms with Gasteiger partial charge in [0.25, 0.3) is 5.91 Å². The van der Waals surface area contributed by atoms with Crippen LogP contribution in [-0.4, -0.2) is 35.9 Å². The topological polar surface area (TPSA) is 108 Å². The zero-order valence-corrected chi connectivity index (χ0v) is 20.9. The number of amides is 3. The third-order valence-corrected chi connectivity index (χ3v) is 5.36. The Bertz CT molecular complexity index is 1280. The normalized spacial score (nSPS) is 11.0. The van der Waals surface area contributed by atoms with Crippen LogP contribution in [0.3, 0.4) is 0 Å². The summed E-state index contributed by atoms with van der Waals surface area (Å²) in [6.45, 7) is -0.114. The summed E-state index contributed by atoms with van der Waals surface area (Å²) in [6.07, 6.45) is -5.08. The molecular weight excluding hydrogens is 550 g/mol. The number of benzene rings is 3. The highest BCUT2D eigenvalue weighted by molar-refractivity contribution is 6.35. The van der Waals surface area contributed by atoms with Gasteiger partial charge in [0.1, 0.15) is 5.75 Å². The van der Waals surface area contributed by atoms with Gasteiger partial charge in [0.05, 0.1) is 13.0 Å². The number of hydrogen-bond donors (Lipinski definition) is 3. The molecule has 0 aromatic heterocycles. The lowest BCUT2D eigenvalue weighted by atomic mass is 10.1. The second-order valence-corrected chi connectivity index (χ2v) is 8.69. The van der Waals surface area contributed by atoms with E-state index in [0.717, 1.165) is 12.1 Å². The van der Waals surface area contributed by atoms with Gasteiger partial charge in [-0.3, -0.25) is 14.5 Å². The van der Waals surface area contributed by atoms with Crippen molar-refractivity contribution in [3.8, 4) is 5.75 Å². The largest absolute Gasteiger partial charge is 0.573 e. The third-order valence-electron chi connectivity index (χ3n) is 4.92. The molecule has 200 valence electrons. The van der Waals surface area contributed by atoms with Crippen molar-refractivity contribution in [2.24, 2.45) is 0 Å². The molecule has 8 nitrogen and oxygen atoms in total. The first-order valence-electron chi connectivity index (χ1n) is 10.9. The number of carbonyl (C=O) groups excluding carboxylic acids is 2. The summed E-state index contributed by atoms with van der Waals surface area (Å²) in [5.41, 5.74) is 1.37. The number of nitrogens with zero attached hydrogens (tertiary/aromatic N) is 1. The molecule has 0 heterocycles. The maximum Gasteiger partial charge on any atom is 0.573 e. The van der Waals surface area contributed by atoms with Gasteiger partial charge in [-0.25, -0.2) is 4.79 Å². The maximum atomic E-state index is 13.2. The highest BCUT2D eigenvalue weighted by Crippen LogP contribution is 2.26. The molecule has 3 rings (SSSR count). The molecule has 3 N–H and O–H groups in total. The Morgan fingerprint density at radius 1 is 0.921 bits per heavy atom. The van der Waals surface area contributed by atoms with Crippen LogP contribution in [0, 0.1) is 0 Å². The van der Waals surface area contributed by atoms with Crippen molar-refractivity contribution in [1.82, 2.24) is 5.32 Å². The highest BCUT2D eigenvalue weighted by Gasteiger charge is 2.31. The summed E-state index contributed by atoms with van der Waals surface area (Å²) in [5, 5.41) is 14.4. The van der Waals surface area contributed by atoms with Crippen molar-refractivity contribution in [3.05, 3.63) is 87.9 Å². The second kappa shape index (κ2) is 12.5. The predicted octanol–water partition coefficient (Wildman–Crippen LogP) is 6.34. The van der Waals surface area contributed by atoms with E-state index in [9.17, 15) is 27.6 Å². The van der Waals surface area contributed by atoms with Crippen molar-refractivity contribution < 1.29 is 37.4 Å². The molecule has 3 amide bonds. The number of nitrogens with one attached hydrogen (secondary N) is 2. The summed E-state index contributed by atoms with van der Waals surface area (Å²) < 4.78 is 41.3. The van der Waals surface area contributed by atoms with Gasteiger partial charge in [0.15, 0.2) is 0 Å². The zero-order valence-electron chi connectivity index (χ0n) is 19.4. The van der Waals surface area contributed by atoms with Crippen LogP contribution in [-0.2, 0) is 11.3 Å². The fourth-order valence-electron chi connectivity index (χ4n) is 3.25. The number of aliphatic carboxylic acids is 1. The van der Waals surface area contributed by atoms with Crippen LogP contribution in [0.15, 0.2) is 66.7 Å². The Kier molecular flexibility index (Phi) is 9.43. The lowest BCUT2D eigenvalue weighted by Crippen LogP contribution is -2.34. The van der Waals surface area contributed by atoms with E-state index >= 15 is 0 Å². The van der Waals surface area contributed by atoms with Gasteiger partial charge in [0.2, 0.25) is 0 Å². The maximum absolute atomic E-state index is 13.2. The molecule has 0 fully saturated rings. The van der Waals surface area contributed by atoms with Crippen molar-refractivity contribution in [2.45, 2.75) is 19.3 Å². The first-order chi connectivity index (χ1) is 17.9. The molecule has 0 aliphatic heterocycles. The van der Waals surface area contributed by atoms with Gasteiger partial charge in [-0.1, -0.05) is 35.3 Å². The summed E-state index contributed by atoms with van der Waals surface area (Å²) in [6, 6.07) is 14.7. The Morgan fingerprint density at radius 2 is 1.53 bits per heavy atom. The standard InChI is InChI=1S/C25H20Cl2F3N3O5/c26-17-11-18(27)13-19(12-17)32-24(37)33(14-15-1-7-21(8-2-15)38-25(28,29)30)20-5-3-16(4-6-20)23(36)31-10-9-22(34)35/h1-8,11-13H,9-10,14H2,(H,31,36)(H,32,37)(H,34,35). The number of rotatable bonds is 9. The number of carbonyl (C=O) groups is 3. The highest BCUT2D eigenvalue weighted by atomic mass is 35.5. The van der Waals surface area contributed by atoms with Gasteiger partial charge < -0.3 is 20.5 Å². The lowest BCUT2D eigenvalue weighted by Gasteiger charge is -2.24. The smallest absolute Gasteiger partial charge is 0.481 e. The number of anilines is 2. The molecule has 0 atom stereocenters. The van der Waals surface area contributed by atoms with Crippen LogP contribution in [0.5, 0.6) is 5.75 Å². The molecule has 0 aliphatic carbocycles. The Morgan fingerprint density at radius 3 is 2.08 bits per heavy atom. The van der Waals surface area contributed by atoms with E-state index in [1.54, 1.807) is 0 Å². The van der Waals surface area contributed by atoms with Gasteiger partial charge in [-0.15, -0.1) is 13.2 Å². The molecule has 0 saturated carbocycles. The summed E-state index contributed by atoms with van der Waals surface area (Å²) in [4.78, 5) is 37.4. The third kappa shape index (κ3) is 8.86. The fraction of sp³-hybridized carbons (Fsp3) is 0.160. The van der Waals surface area contributed by atoms with E-state index in [4.69, 9.17) is 28.3 Å². The summed E-state index contributed by atoms with van der Waals surface area (Å²) in [7, 11) is 0. The number of ether oxygens (including phenoxy) is 1. The Hall–Kier alpha value is -3.96. The van der Waals surface area contributed by atoms with Gasteiger partial charge >= 0.3 is 18.4 Å². The number of carboxylic acid groups (broad SMARTS) is 1. The van der Waals surface area contributed by atoms with Crippen molar-refractivity contribution in [1.29, 1.82) is 0 Å². The minimum Gasteiger partial charge on any atom is -0.481 e. The number of carboxylic acids is 1. The average molecular weight is 570 g/mol. The minimum absolute atomic E-state index is 0.0549. The fourth-order valence-corrected chi connectivity index (χ4v) is 3.78. The SMILES string of the molecule is O=C(O)CCNC(=O)c1ccc(N(Cc2ccc(OC(F)(F)F)cc2)C(=O)Nc2cc(Cl)cc(Cl)c2)cc1. The molecule has 0 spiro atoms. The van der Waals surface area contributed by atoms with Gasteiger partial charge in [-0.05, 0) is 60.2 Å². The quantitative estimate of drug-likeness (QED) is 0.279. The molecule has 3 aromatic rings. The molecule has 3 aromatic carbocycles. The van der Waals surface area contributed by atoms with Crippen LogP contribution in [0.4, 0.5) is 29.3 Å². The molecule has 0 bridgehead atoms. The number of halogens is 5. The van der Waals surface area contributed by atoms with Crippen LogP contribution < -0.4 is 20.3 Å².